The van der Waals surface area contributed by atoms with Gasteiger partial charge in [-0.15, -0.1) is 0 Å². The van der Waals surface area contributed by atoms with Gasteiger partial charge >= 0.3 is 0 Å². The van der Waals surface area contributed by atoms with Crippen LogP contribution >= 0.6 is 0 Å². The highest BCUT2D eigenvalue weighted by Gasteiger charge is 2.25. The van der Waals surface area contributed by atoms with Gasteiger partial charge in [0.25, 0.3) is 5.91 Å². The fraction of sp³-hybridized carbons (Fsp3) is 0.419. The minimum absolute atomic E-state index is 0.0598. The highest BCUT2D eigenvalue weighted by atomic mass is 16.5. The summed E-state index contributed by atoms with van der Waals surface area (Å²) in [6, 6.07) is 17.7. The summed E-state index contributed by atoms with van der Waals surface area (Å²) >= 11 is 0. The summed E-state index contributed by atoms with van der Waals surface area (Å²) in [5.74, 6) is 2.62. The summed E-state index contributed by atoms with van der Waals surface area (Å²) in [6.45, 7) is 9.88. The fourth-order valence-corrected chi connectivity index (χ4v) is 5.06. The third-order valence-corrected chi connectivity index (χ3v) is 7.15. The summed E-state index contributed by atoms with van der Waals surface area (Å²) in [6.07, 6.45) is 4.76. The Balaban J connectivity index is 1.38. The van der Waals surface area contributed by atoms with Gasteiger partial charge in [-0.2, -0.15) is 5.10 Å². The van der Waals surface area contributed by atoms with Crippen molar-refractivity contribution in [1.29, 1.82) is 0 Å². The molecule has 0 unspecified atom stereocenters. The van der Waals surface area contributed by atoms with Crippen LogP contribution in [-0.2, 0) is 6.42 Å². The zero-order valence-corrected chi connectivity index (χ0v) is 23.3. The number of hydrogen-bond acceptors (Lipinski definition) is 6. The number of aryl methyl sites for hydroxylation is 2. The van der Waals surface area contributed by atoms with Crippen LogP contribution in [0.1, 0.15) is 61.4 Å². The number of ether oxygens (including phenoxy) is 1. The molecule has 39 heavy (non-hydrogen) atoms. The second kappa shape index (κ2) is 12.3. The van der Waals surface area contributed by atoms with Gasteiger partial charge in [-0.05, 0) is 62.6 Å². The van der Waals surface area contributed by atoms with E-state index in [0.717, 1.165) is 78.5 Å². The topological polar surface area (TPSA) is 76.4 Å². The van der Waals surface area contributed by atoms with Gasteiger partial charge < -0.3 is 14.5 Å². The first-order valence-corrected chi connectivity index (χ1v) is 14.2. The Hall–Kier alpha value is -3.94. The van der Waals surface area contributed by atoms with E-state index in [4.69, 9.17) is 19.8 Å². The minimum atomic E-state index is 0.0598. The predicted octanol–water partition coefficient (Wildman–Crippen LogP) is 5.61. The van der Waals surface area contributed by atoms with Crippen molar-refractivity contribution in [2.24, 2.45) is 0 Å². The quantitative estimate of drug-likeness (QED) is 0.264. The van der Waals surface area contributed by atoms with E-state index in [9.17, 15) is 4.79 Å². The van der Waals surface area contributed by atoms with Gasteiger partial charge in [-0.25, -0.2) is 14.6 Å². The summed E-state index contributed by atoms with van der Waals surface area (Å²) in [4.78, 5) is 27.6. The first kappa shape index (κ1) is 26.7. The van der Waals surface area contributed by atoms with E-state index >= 15 is 0 Å². The first-order valence-electron chi connectivity index (χ1n) is 14.2. The molecule has 1 fully saturated rings. The second-order valence-corrected chi connectivity index (χ2v) is 10.1. The lowest BCUT2D eigenvalue weighted by Crippen LogP contribution is -2.35. The monoisotopic (exact) mass is 526 g/mol. The van der Waals surface area contributed by atoms with Crippen LogP contribution in [0.5, 0.6) is 5.75 Å². The number of anilines is 1. The van der Waals surface area contributed by atoms with Crippen molar-refractivity contribution < 1.29 is 9.53 Å². The maximum Gasteiger partial charge on any atom is 0.253 e. The molecule has 1 aliphatic rings. The van der Waals surface area contributed by atoms with Gasteiger partial charge in [-0.3, -0.25) is 4.79 Å². The van der Waals surface area contributed by atoms with Crippen LogP contribution in [0.15, 0.2) is 54.6 Å². The lowest BCUT2D eigenvalue weighted by atomic mass is 10.2. The molecule has 2 aromatic heterocycles. The number of para-hydroxylation sites is 1. The van der Waals surface area contributed by atoms with Gasteiger partial charge in [0.2, 0.25) is 0 Å². The molecule has 4 aromatic rings. The number of amides is 1. The van der Waals surface area contributed by atoms with Crippen molar-refractivity contribution in [3.63, 3.8) is 0 Å². The molecule has 2 aromatic carbocycles. The van der Waals surface area contributed by atoms with Crippen molar-refractivity contribution in [2.75, 3.05) is 37.7 Å². The number of aromatic nitrogens is 4. The number of nitrogens with zero attached hydrogens (tertiary/aromatic N) is 6. The summed E-state index contributed by atoms with van der Waals surface area (Å²) < 4.78 is 7.69. The van der Waals surface area contributed by atoms with E-state index in [0.29, 0.717) is 31.8 Å². The van der Waals surface area contributed by atoms with Crippen molar-refractivity contribution in [2.45, 2.75) is 52.9 Å². The molecule has 0 radical (unpaired) electrons. The molecule has 0 N–H and O–H groups in total. The lowest BCUT2D eigenvalue weighted by molar-refractivity contribution is 0.0767. The molecule has 3 heterocycles. The number of carbonyl (C=O) groups excluding carboxylic acids is 1. The maximum atomic E-state index is 13.4. The van der Waals surface area contributed by atoms with Gasteiger partial charge in [0, 0.05) is 38.2 Å². The third kappa shape index (κ3) is 5.90. The molecule has 0 spiro atoms. The standard InChI is InChI=1S/C31H38N6O2/c1-4-6-22-39-26-16-14-24(15-17-26)31(38)36-19-10-18-35(20-21-36)29-28-23(3)34-37(25-12-8-7-9-13-25)30(28)33-27(32-29)11-5-2/h7-9,12-17H,4-6,10-11,18-22H2,1-3H3. The molecule has 1 aliphatic heterocycles. The average Bonchev–Trinajstić information content (AvgIpc) is 3.12. The Morgan fingerprint density at radius 3 is 2.46 bits per heavy atom. The fourth-order valence-electron chi connectivity index (χ4n) is 5.06. The molecule has 8 nitrogen and oxygen atoms in total. The Bertz CT molecular complexity index is 1400. The Kier molecular flexibility index (Phi) is 8.39. The van der Waals surface area contributed by atoms with Crippen LogP contribution in [0.2, 0.25) is 0 Å². The number of fused-ring (bicyclic) bond motifs is 1. The van der Waals surface area contributed by atoms with E-state index in [1.807, 2.05) is 71.1 Å². The molecular formula is C31H38N6O2. The normalized spacial score (nSPS) is 14.0. The van der Waals surface area contributed by atoms with E-state index in [1.165, 1.54) is 0 Å². The van der Waals surface area contributed by atoms with Gasteiger partial charge in [-0.1, -0.05) is 38.5 Å². The number of benzene rings is 2. The molecule has 1 amide bonds. The Morgan fingerprint density at radius 1 is 0.923 bits per heavy atom. The molecule has 5 rings (SSSR count). The molecule has 0 atom stereocenters. The molecular weight excluding hydrogens is 488 g/mol. The zero-order valence-electron chi connectivity index (χ0n) is 23.3. The van der Waals surface area contributed by atoms with Crippen molar-refractivity contribution in [3.05, 3.63) is 71.7 Å². The van der Waals surface area contributed by atoms with Crippen LogP contribution in [-0.4, -0.2) is 63.3 Å². The van der Waals surface area contributed by atoms with Gasteiger partial charge in [0.15, 0.2) is 5.65 Å². The molecule has 204 valence electrons. The number of unbranched alkanes of at least 4 members (excludes halogenated alkanes) is 1. The Morgan fingerprint density at radius 2 is 1.72 bits per heavy atom. The van der Waals surface area contributed by atoms with Crippen molar-refractivity contribution in [3.8, 4) is 11.4 Å². The molecule has 8 heteroatoms. The smallest absolute Gasteiger partial charge is 0.253 e. The molecule has 0 bridgehead atoms. The summed E-state index contributed by atoms with van der Waals surface area (Å²) in [7, 11) is 0. The van der Waals surface area contributed by atoms with Crippen LogP contribution in [0.4, 0.5) is 5.82 Å². The third-order valence-electron chi connectivity index (χ3n) is 7.15. The maximum absolute atomic E-state index is 13.4. The van der Waals surface area contributed by atoms with Crippen LogP contribution in [0, 0.1) is 6.92 Å². The van der Waals surface area contributed by atoms with E-state index in [1.54, 1.807) is 0 Å². The number of carbonyl (C=O) groups is 1. The highest BCUT2D eigenvalue weighted by molar-refractivity contribution is 5.94. The van der Waals surface area contributed by atoms with Crippen LogP contribution in [0.3, 0.4) is 0 Å². The van der Waals surface area contributed by atoms with Crippen LogP contribution in [0.25, 0.3) is 16.7 Å². The Labute approximate surface area is 230 Å². The molecule has 0 aliphatic carbocycles. The minimum Gasteiger partial charge on any atom is -0.494 e. The first-order chi connectivity index (χ1) is 19.1. The van der Waals surface area contributed by atoms with Crippen molar-refractivity contribution >= 4 is 22.8 Å². The van der Waals surface area contributed by atoms with Crippen LogP contribution < -0.4 is 9.64 Å². The second-order valence-electron chi connectivity index (χ2n) is 10.1. The lowest BCUT2D eigenvalue weighted by Gasteiger charge is -2.24. The molecule has 0 saturated carbocycles. The van der Waals surface area contributed by atoms with E-state index < -0.39 is 0 Å². The van der Waals surface area contributed by atoms with Crippen molar-refractivity contribution in [1.82, 2.24) is 24.6 Å². The van der Waals surface area contributed by atoms with Gasteiger partial charge in [0.05, 0.1) is 23.4 Å². The largest absolute Gasteiger partial charge is 0.494 e. The number of rotatable bonds is 9. The number of hydrogen-bond donors (Lipinski definition) is 0. The average molecular weight is 527 g/mol. The SMILES string of the molecule is CCCCOc1ccc(C(=O)N2CCCN(c3nc(CCC)nc4c3c(C)nn4-c3ccccc3)CC2)cc1. The van der Waals surface area contributed by atoms with E-state index in [-0.39, 0.29) is 5.91 Å². The predicted molar refractivity (Wildman–Crippen MR) is 155 cm³/mol. The summed E-state index contributed by atoms with van der Waals surface area (Å²) in [5, 5.41) is 5.85. The summed E-state index contributed by atoms with van der Waals surface area (Å²) in [5.41, 5.74) is 3.42. The zero-order chi connectivity index (χ0) is 27.2. The van der Waals surface area contributed by atoms with E-state index in [2.05, 4.69) is 18.7 Å². The van der Waals surface area contributed by atoms with Gasteiger partial charge in [0.1, 0.15) is 17.4 Å². The molecule has 1 saturated heterocycles. The highest BCUT2D eigenvalue weighted by Crippen LogP contribution is 2.30.